The van der Waals surface area contributed by atoms with Crippen LogP contribution in [0.3, 0.4) is 0 Å². The quantitative estimate of drug-likeness (QED) is 0.364. The van der Waals surface area contributed by atoms with Gasteiger partial charge in [-0.05, 0) is 0 Å². The summed E-state index contributed by atoms with van der Waals surface area (Å²) in [6, 6.07) is 0. The average molecular weight is 256 g/mol. The topological polar surface area (TPSA) is 145 Å². The van der Waals surface area contributed by atoms with Gasteiger partial charge in [0.1, 0.15) is 12.9 Å². The van der Waals surface area contributed by atoms with Gasteiger partial charge in [0.05, 0.1) is 11.5 Å². The summed E-state index contributed by atoms with van der Waals surface area (Å²) in [6.07, 6.45) is 0.265. The van der Waals surface area contributed by atoms with Crippen LogP contribution in [0.25, 0.3) is 0 Å². The van der Waals surface area contributed by atoms with E-state index in [1.165, 1.54) is 13.4 Å². The van der Waals surface area contributed by atoms with E-state index in [-0.39, 0.29) is 30.5 Å². The zero-order valence-corrected chi connectivity index (χ0v) is 9.54. The molecule has 1 aromatic rings. The zero-order valence-electron chi connectivity index (χ0n) is 9.54. The van der Waals surface area contributed by atoms with E-state index in [9.17, 15) is 14.9 Å². The molecule has 0 radical (unpaired) electrons. The highest BCUT2D eigenvalue weighted by Crippen LogP contribution is 2.27. The van der Waals surface area contributed by atoms with Gasteiger partial charge in [-0.15, -0.1) is 0 Å². The van der Waals surface area contributed by atoms with Gasteiger partial charge in [-0.3, -0.25) is 10.1 Å². The Hall–Kier alpha value is -2.65. The molecule has 1 amide bonds. The number of anilines is 2. The molecule has 0 saturated carbocycles. The van der Waals surface area contributed by atoms with E-state index in [1.54, 1.807) is 0 Å². The highest BCUT2D eigenvalue weighted by molar-refractivity contribution is 5.69. The van der Waals surface area contributed by atoms with Crippen LogP contribution in [-0.4, -0.2) is 41.2 Å². The van der Waals surface area contributed by atoms with Gasteiger partial charge in [-0.1, -0.05) is 0 Å². The number of hydrogen-bond donors (Lipinski definition) is 3. The minimum absolute atomic E-state index is 0.0224. The van der Waals surface area contributed by atoms with Gasteiger partial charge in [0, 0.05) is 7.05 Å². The molecular formula is C8H12N6O4. The molecule has 0 aliphatic rings. The first kappa shape index (κ1) is 13.4. The molecule has 98 valence electrons. The Morgan fingerprint density at radius 1 is 1.56 bits per heavy atom. The van der Waals surface area contributed by atoms with Crippen molar-refractivity contribution in [2.45, 2.75) is 0 Å². The third-order valence-corrected chi connectivity index (χ3v) is 1.88. The van der Waals surface area contributed by atoms with E-state index in [4.69, 9.17) is 5.73 Å². The third kappa shape index (κ3) is 3.43. The number of carbonyl (C=O) groups is 1. The number of hydrogen-bond acceptors (Lipinski definition) is 8. The fourth-order valence-electron chi connectivity index (χ4n) is 1.19. The van der Waals surface area contributed by atoms with Gasteiger partial charge in [-0.25, -0.2) is 14.8 Å². The first-order valence-corrected chi connectivity index (χ1v) is 4.89. The maximum Gasteiger partial charge on any atom is 0.404 e. The normalized spacial score (nSPS) is 9.61. The standard InChI is InChI=1S/C8H12N6O4/c1-10-6-5(14(16)17)7(13-4-12-6)11-2-3-18-8(9)15/h4H,2-3H2,1H3,(H2,9,15)(H2,10,11,12,13). The van der Waals surface area contributed by atoms with E-state index < -0.39 is 11.0 Å². The minimum atomic E-state index is -0.912. The predicted molar refractivity (Wildman–Crippen MR) is 62.3 cm³/mol. The van der Waals surface area contributed by atoms with Crippen LogP contribution < -0.4 is 16.4 Å². The van der Waals surface area contributed by atoms with Crippen LogP contribution in [0.15, 0.2) is 6.33 Å². The summed E-state index contributed by atoms with van der Waals surface area (Å²) < 4.78 is 4.47. The number of nitro groups is 1. The Kier molecular flexibility index (Phi) is 4.60. The van der Waals surface area contributed by atoms with E-state index in [0.717, 1.165) is 0 Å². The molecule has 0 aliphatic carbocycles. The molecule has 4 N–H and O–H groups in total. The second-order valence-corrected chi connectivity index (χ2v) is 3.02. The maximum absolute atomic E-state index is 10.9. The second-order valence-electron chi connectivity index (χ2n) is 3.02. The number of ether oxygens (including phenoxy) is 1. The number of primary amides is 1. The van der Waals surface area contributed by atoms with Gasteiger partial charge in [-0.2, -0.15) is 0 Å². The molecule has 0 atom stereocenters. The molecule has 0 saturated heterocycles. The van der Waals surface area contributed by atoms with Crippen LogP contribution in [0.5, 0.6) is 0 Å². The van der Waals surface area contributed by atoms with Crippen molar-refractivity contribution < 1.29 is 14.5 Å². The molecular weight excluding hydrogens is 244 g/mol. The van der Waals surface area contributed by atoms with Crippen molar-refractivity contribution >= 4 is 23.4 Å². The average Bonchev–Trinajstić information content (AvgIpc) is 2.33. The number of rotatable bonds is 6. The lowest BCUT2D eigenvalue weighted by Crippen LogP contribution is -2.19. The Morgan fingerprint density at radius 3 is 2.78 bits per heavy atom. The molecule has 18 heavy (non-hydrogen) atoms. The van der Waals surface area contributed by atoms with E-state index in [2.05, 4.69) is 25.3 Å². The molecule has 10 heteroatoms. The van der Waals surface area contributed by atoms with Gasteiger partial charge in [0.25, 0.3) is 0 Å². The summed E-state index contributed by atoms with van der Waals surface area (Å²) >= 11 is 0. The Bertz CT molecular complexity index is 451. The molecule has 0 aromatic carbocycles. The number of nitrogens with one attached hydrogen (secondary N) is 2. The minimum Gasteiger partial charge on any atom is -0.448 e. The summed E-state index contributed by atoms with van der Waals surface area (Å²) in [5, 5.41) is 16.1. The molecule has 0 spiro atoms. The predicted octanol–water partition coefficient (Wildman–Crippen LogP) is -0.0663. The lowest BCUT2D eigenvalue weighted by atomic mass is 10.4. The highest BCUT2D eigenvalue weighted by atomic mass is 16.6. The van der Waals surface area contributed by atoms with Gasteiger partial charge in [0.15, 0.2) is 0 Å². The van der Waals surface area contributed by atoms with Crippen LogP contribution in [0.2, 0.25) is 0 Å². The van der Waals surface area contributed by atoms with E-state index >= 15 is 0 Å². The van der Waals surface area contributed by atoms with Crippen LogP contribution in [-0.2, 0) is 4.74 Å². The molecule has 10 nitrogen and oxygen atoms in total. The fourth-order valence-corrected chi connectivity index (χ4v) is 1.19. The summed E-state index contributed by atoms with van der Waals surface area (Å²) in [5.41, 5.74) is 4.48. The first-order chi connectivity index (χ1) is 8.56. The Morgan fingerprint density at radius 2 is 2.22 bits per heavy atom. The van der Waals surface area contributed by atoms with Crippen molar-refractivity contribution in [1.29, 1.82) is 0 Å². The SMILES string of the molecule is CNc1ncnc(NCCOC(N)=O)c1[N+](=O)[O-]. The molecule has 1 heterocycles. The highest BCUT2D eigenvalue weighted by Gasteiger charge is 2.21. The van der Waals surface area contributed by atoms with Crippen molar-refractivity contribution in [3.05, 3.63) is 16.4 Å². The fraction of sp³-hybridized carbons (Fsp3) is 0.375. The van der Waals surface area contributed by atoms with Crippen molar-refractivity contribution in [2.75, 3.05) is 30.8 Å². The van der Waals surface area contributed by atoms with Gasteiger partial charge >= 0.3 is 11.8 Å². The van der Waals surface area contributed by atoms with Crippen LogP contribution in [0.4, 0.5) is 22.1 Å². The number of nitrogens with two attached hydrogens (primary N) is 1. The molecule has 0 unspecified atom stereocenters. The molecule has 0 aliphatic heterocycles. The van der Waals surface area contributed by atoms with Gasteiger partial charge < -0.3 is 21.1 Å². The number of nitrogens with zero attached hydrogens (tertiary/aromatic N) is 3. The number of aromatic nitrogens is 2. The summed E-state index contributed by atoms with van der Waals surface area (Å²) in [5.74, 6) is 0.126. The van der Waals surface area contributed by atoms with Crippen molar-refractivity contribution in [3.63, 3.8) is 0 Å². The third-order valence-electron chi connectivity index (χ3n) is 1.88. The van der Waals surface area contributed by atoms with Crippen molar-refractivity contribution in [2.24, 2.45) is 5.73 Å². The first-order valence-electron chi connectivity index (χ1n) is 4.89. The summed E-state index contributed by atoms with van der Waals surface area (Å²) in [7, 11) is 1.51. The summed E-state index contributed by atoms with van der Waals surface area (Å²) in [4.78, 5) is 28.1. The van der Waals surface area contributed by atoms with Crippen LogP contribution in [0.1, 0.15) is 0 Å². The van der Waals surface area contributed by atoms with E-state index in [0.29, 0.717) is 0 Å². The lowest BCUT2D eigenvalue weighted by molar-refractivity contribution is -0.383. The second kappa shape index (κ2) is 6.18. The van der Waals surface area contributed by atoms with Crippen LogP contribution >= 0.6 is 0 Å². The number of carbonyl (C=O) groups excluding carboxylic acids is 1. The van der Waals surface area contributed by atoms with Crippen LogP contribution in [0, 0.1) is 10.1 Å². The Labute approximate surface area is 102 Å². The van der Waals surface area contributed by atoms with Crippen molar-refractivity contribution in [3.8, 4) is 0 Å². The monoisotopic (exact) mass is 256 g/mol. The largest absolute Gasteiger partial charge is 0.448 e. The smallest absolute Gasteiger partial charge is 0.404 e. The molecule has 0 fully saturated rings. The maximum atomic E-state index is 10.9. The summed E-state index contributed by atoms with van der Waals surface area (Å²) in [6.45, 7) is 0.120. The molecule has 1 aromatic heterocycles. The van der Waals surface area contributed by atoms with Gasteiger partial charge in [0.2, 0.25) is 11.6 Å². The molecule has 0 bridgehead atoms. The number of amides is 1. The lowest BCUT2D eigenvalue weighted by Gasteiger charge is -2.07. The zero-order chi connectivity index (χ0) is 13.5. The molecule has 1 rings (SSSR count). The Balaban J connectivity index is 2.75. The van der Waals surface area contributed by atoms with Crippen molar-refractivity contribution in [1.82, 2.24) is 9.97 Å². The van der Waals surface area contributed by atoms with E-state index in [1.807, 2.05) is 0 Å².